The molecule has 2 rings (SSSR count). The number of nitrogens with zero attached hydrogens (tertiary/aromatic N) is 2. The van der Waals surface area contributed by atoms with Gasteiger partial charge in [-0.3, -0.25) is 0 Å². The molecule has 0 aliphatic rings. The molecule has 13 heavy (non-hydrogen) atoms. The highest BCUT2D eigenvalue weighted by atomic mass is 79.9. The van der Waals surface area contributed by atoms with Gasteiger partial charge in [0.05, 0.1) is 0 Å². The van der Waals surface area contributed by atoms with Crippen LogP contribution in [0.2, 0.25) is 0 Å². The third kappa shape index (κ3) is 1.62. The van der Waals surface area contributed by atoms with Gasteiger partial charge < -0.3 is 4.42 Å². The highest BCUT2D eigenvalue weighted by Crippen LogP contribution is 2.24. The lowest BCUT2D eigenvalue weighted by molar-refractivity contribution is 0.568. The summed E-state index contributed by atoms with van der Waals surface area (Å²) in [6.45, 7) is 2.01. The van der Waals surface area contributed by atoms with Gasteiger partial charge in [-0.1, -0.05) is 22.0 Å². The Balaban J connectivity index is 2.57. The van der Waals surface area contributed by atoms with Gasteiger partial charge in [0.2, 0.25) is 12.3 Å². The fraction of sp³-hybridized carbons (Fsp3) is 0.111. The molecule has 1 heterocycles. The zero-order valence-corrected chi connectivity index (χ0v) is 8.58. The van der Waals surface area contributed by atoms with Crippen molar-refractivity contribution < 1.29 is 4.42 Å². The molecule has 66 valence electrons. The number of benzene rings is 1. The molecule has 0 unspecified atom stereocenters. The fourth-order valence-electron chi connectivity index (χ4n) is 1.12. The molecular formula is C9H7BrN2O. The molecule has 4 heteroatoms. The Morgan fingerprint density at radius 3 is 2.92 bits per heavy atom. The minimum absolute atomic E-state index is 0.554. The second-order valence-electron chi connectivity index (χ2n) is 2.70. The van der Waals surface area contributed by atoms with Crippen LogP contribution in [0.5, 0.6) is 0 Å². The van der Waals surface area contributed by atoms with Crippen molar-refractivity contribution in [3.05, 3.63) is 34.6 Å². The summed E-state index contributed by atoms with van der Waals surface area (Å²) in [5, 5.41) is 7.49. The van der Waals surface area contributed by atoms with E-state index < -0.39 is 0 Å². The molecule has 0 spiro atoms. The number of hydrogen-bond acceptors (Lipinski definition) is 3. The van der Waals surface area contributed by atoms with Gasteiger partial charge in [0, 0.05) is 10.0 Å². The highest BCUT2D eigenvalue weighted by molar-refractivity contribution is 9.10. The van der Waals surface area contributed by atoms with E-state index in [9.17, 15) is 0 Å². The quantitative estimate of drug-likeness (QED) is 0.767. The number of rotatable bonds is 1. The van der Waals surface area contributed by atoms with E-state index in [2.05, 4.69) is 26.1 Å². The van der Waals surface area contributed by atoms with Crippen molar-refractivity contribution in [2.24, 2.45) is 0 Å². The Morgan fingerprint density at radius 1 is 1.38 bits per heavy atom. The normalized spacial score (nSPS) is 10.3. The fourth-order valence-corrected chi connectivity index (χ4v) is 1.48. The van der Waals surface area contributed by atoms with Gasteiger partial charge in [-0.25, -0.2) is 0 Å². The van der Waals surface area contributed by atoms with E-state index in [4.69, 9.17) is 4.42 Å². The van der Waals surface area contributed by atoms with Gasteiger partial charge in [0.1, 0.15) is 0 Å². The lowest BCUT2D eigenvalue weighted by Gasteiger charge is -2.00. The molecule has 0 atom stereocenters. The van der Waals surface area contributed by atoms with E-state index in [-0.39, 0.29) is 0 Å². The van der Waals surface area contributed by atoms with Gasteiger partial charge in [-0.05, 0) is 24.6 Å². The molecule has 0 aliphatic carbocycles. The summed E-state index contributed by atoms with van der Waals surface area (Å²) in [6, 6.07) is 5.95. The second-order valence-corrected chi connectivity index (χ2v) is 3.62. The predicted molar refractivity (Wildman–Crippen MR) is 52.2 cm³/mol. The summed E-state index contributed by atoms with van der Waals surface area (Å²) in [4.78, 5) is 0. The minimum Gasteiger partial charge on any atom is -0.423 e. The number of halogens is 1. The summed E-state index contributed by atoms with van der Waals surface area (Å²) in [6.07, 6.45) is 1.33. The maximum absolute atomic E-state index is 5.11. The minimum atomic E-state index is 0.554. The van der Waals surface area contributed by atoms with Gasteiger partial charge >= 0.3 is 0 Å². The van der Waals surface area contributed by atoms with E-state index >= 15 is 0 Å². The maximum atomic E-state index is 5.11. The van der Waals surface area contributed by atoms with Crippen molar-refractivity contribution in [2.45, 2.75) is 6.92 Å². The number of aromatic nitrogens is 2. The van der Waals surface area contributed by atoms with Crippen LogP contribution in [-0.4, -0.2) is 10.2 Å². The summed E-state index contributed by atoms with van der Waals surface area (Å²) in [5.41, 5.74) is 2.08. The molecule has 0 fully saturated rings. The summed E-state index contributed by atoms with van der Waals surface area (Å²) in [7, 11) is 0. The Morgan fingerprint density at radius 2 is 2.23 bits per heavy atom. The second kappa shape index (κ2) is 3.30. The summed E-state index contributed by atoms with van der Waals surface area (Å²) < 4.78 is 6.12. The highest BCUT2D eigenvalue weighted by Gasteiger charge is 2.06. The molecule has 3 nitrogen and oxygen atoms in total. The molecule has 0 radical (unpaired) electrons. The third-order valence-corrected chi connectivity index (χ3v) is 2.28. The van der Waals surface area contributed by atoms with Crippen molar-refractivity contribution in [3.8, 4) is 11.5 Å². The SMILES string of the molecule is Cc1ccc(Br)cc1-c1nnco1. The first-order valence-corrected chi connectivity index (χ1v) is 4.59. The zero-order chi connectivity index (χ0) is 9.26. The van der Waals surface area contributed by atoms with Crippen molar-refractivity contribution >= 4 is 15.9 Å². The largest absolute Gasteiger partial charge is 0.423 e. The molecule has 0 amide bonds. The van der Waals surface area contributed by atoms with E-state index in [0.717, 1.165) is 15.6 Å². The lowest BCUT2D eigenvalue weighted by Crippen LogP contribution is -1.83. The van der Waals surface area contributed by atoms with Gasteiger partial charge in [0.15, 0.2) is 0 Å². The summed E-state index contributed by atoms with van der Waals surface area (Å²) in [5.74, 6) is 0.554. The van der Waals surface area contributed by atoms with E-state index in [1.54, 1.807) is 0 Å². The van der Waals surface area contributed by atoms with E-state index in [1.165, 1.54) is 6.39 Å². The molecule has 0 saturated heterocycles. The first kappa shape index (κ1) is 8.44. The average Bonchev–Trinajstić information content (AvgIpc) is 2.61. The number of hydrogen-bond donors (Lipinski definition) is 0. The maximum Gasteiger partial charge on any atom is 0.247 e. The Labute approximate surface area is 83.9 Å². The van der Waals surface area contributed by atoms with Gasteiger partial charge in [-0.2, -0.15) is 0 Å². The topological polar surface area (TPSA) is 38.9 Å². The molecule has 2 aromatic rings. The Bertz CT molecular complexity index is 412. The molecule has 0 aliphatic heterocycles. The van der Waals surface area contributed by atoms with Crippen molar-refractivity contribution in [1.82, 2.24) is 10.2 Å². The van der Waals surface area contributed by atoms with Crippen molar-refractivity contribution in [1.29, 1.82) is 0 Å². The average molecular weight is 239 g/mol. The predicted octanol–water partition coefficient (Wildman–Crippen LogP) is 2.81. The molecular weight excluding hydrogens is 232 g/mol. The first-order chi connectivity index (χ1) is 6.27. The van der Waals surface area contributed by atoms with Crippen LogP contribution in [0, 0.1) is 6.92 Å². The van der Waals surface area contributed by atoms with Crippen molar-refractivity contribution in [2.75, 3.05) is 0 Å². The number of aryl methyl sites for hydroxylation is 1. The van der Waals surface area contributed by atoms with Gasteiger partial charge in [-0.15, -0.1) is 10.2 Å². The van der Waals surface area contributed by atoms with Crippen LogP contribution in [0.4, 0.5) is 0 Å². The molecule has 0 N–H and O–H groups in total. The van der Waals surface area contributed by atoms with Gasteiger partial charge in [0.25, 0.3) is 0 Å². The third-order valence-electron chi connectivity index (χ3n) is 1.79. The van der Waals surface area contributed by atoms with E-state index in [1.807, 2.05) is 25.1 Å². The van der Waals surface area contributed by atoms with Crippen LogP contribution >= 0.6 is 15.9 Å². The summed E-state index contributed by atoms with van der Waals surface area (Å²) >= 11 is 3.39. The van der Waals surface area contributed by atoms with Crippen LogP contribution in [0.25, 0.3) is 11.5 Å². The molecule has 1 aromatic carbocycles. The van der Waals surface area contributed by atoms with E-state index in [0.29, 0.717) is 5.89 Å². The van der Waals surface area contributed by atoms with Crippen LogP contribution < -0.4 is 0 Å². The molecule has 0 saturated carbocycles. The molecule has 1 aromatic heterocycles. The monoisotopic (exact) mass is 238 g/mol. The van der Waals surface area contributed by atoms with Crippen LogP contribution in [0.15, 0.2) is 33.5 Å². The van der Waals surface area contributed by atoms with Crippen LogP contribution in [0.3, 0.4) is 0 Å². The van der Waals surface area contributed by atoms with Crippen LogP contribution in [0.1, 0.15) is 5.56 Å². The molecule has 0 bridgehead atoms. The standard InChI is InChI=1S/C9H7BrN2O/c1-6-2-3-7(10)4-8(6)9-12-11-5-13-9/h2-5H,1H3. The smallest absolute Gasteiger partial charge is 0.247 e. The Hall–Kier alpha value is -1.16. The van der Waals surface area contributed by atoms with Crippen molar-refractivity contribution in [3.63, 3.8) is 0 Å². The lowest BCUT2D eigenvalue weighted by atomic mass is 10.1. The first-order valence-electron chi connectivity index (χ1n) is 3.80. The van der Waals surface area contributed by atoms with Crippen LogP contribution in [-0.2, 0) is 0 Å². The Kier molecular flexibility index (Phi) is 2.14. The zero-order valence-electron chi connectivity index (χ0n) is 6.99.